The largest absolute Gasteiger partial charge is 0.383 e. The summed E-state index contributed by atoms with van der Waals surface area (Å²) < 4.78 is 1.64. The number of carbonyl (C=O) groups is 1. The van der Waals surface area contributed by atoms with Crippen molar-refractivity contribution in [3.8, 4) is 11.1 Å². The minimum absolute atomic E-state index is 0.156. The third-order valence-corrected chi connectivity index (χ3v) is 3.72. The highest BCUT2D eigenvalue weighted by atomic mass is 16.2. The number of rotatable bonds is 1. The number of anilines is 2. The molecule has 0 saturated carbocycles. The number of amides is 1. The number of aryl methyl sites for hydroxylation is 2. The summed E-state index contributed by atoms with van der Waals surface area (Å²) in [6, 6.07) is 6.12. The number of nitrogen functional groups attached to an aromatic ring is 1. The van der Waals surface area contributed by atoms with E-state index in [1.165, 1.54) is 5.56 Å². The SMILES string of the molecule is CN1C(=O)CCc2ccc(-c3cnn(C)c3N)cc21. The van der Waals surface area contributed by atoms with E-state index in [2.05, 4.69) is 11.2 Å². The van der Waals surface area contributed by atoms with E-state index in [4.69, 9.17) is 5.73 Å². The van der Waals surface area contributed by atoms with Crippen LogP contribution in [0.4, 0.5) is 11.5 Å². The summed E-state index contributed by atoms with van der Waals surface area (Å²) in [6.45, 7) is 0. The van der Waals surface area contributed by atoms with Gasteiger partial charge in [-0.25, -0.2) is 0 Å². The van der Waals surface area contributed by atoms with Crippen LogP contribution in [-0.4, -0.2) is 22.7 Å². The van der Waals surface area contributed by atoms with E-state index in [0.717, 1.165) is 23.2 Å². The van der Waals surface area contributed by atoms with Crippen LogP contribution in [0.3, 0.4) is 0 Å². The summed E-state index contributed by atoms with van der Waals surface area (Å²) in [6.07, 6.45) is 3.14. The van der Waals surface area contributed by atoms with Gasteiger partial charge in [0.1, 0.15) is 5.82 Å². The first-order chi connectivity index (χ1) is 9.08. The molecular formula is C14H16N4O. The predicted octanol–water partition coefficient (Wildman–Crippen LogP) is 1.58. The number of nitrogens with two attached hydrogens (primary N) is 1. The zero-order valence-corrected chi connectivity index (χ0v) is 11.1. The molecule has 0 fully saturated rings. The van der Waals surface area contributed by atoms with Crippen molar-refractivity contribution in [2.75, 3.05) is 17.7 Å². The van der Waals surface area contributed by atoms with Gasteiger partial charge < -0.3 is 10.6 Å². The van der Waals surface area contributed by atoms with Crippen LogP contribution in [0.15, 0.2) is 24.4 Å². The first-order valence-corrected chi connectivity index (χ1v) is 6.25. The van der Waals surface area contributed by atoms with Crippen LogP contribution >= 0.6 is 0 Å². The highest BCUT2D eigenvalue weighted by Crippen LogP contribution is 2.33. The molecule has 1 aromatic carbocycles. The minimum Gasteiger partial charge on any atom is -0.383 e. The van der Waals surface area contributed by atoms with Gasteiger partial charge in [0.05, 0.1) is 6.20 Å². The molecule has 0 spiro atoms. The Bertz CT molecular complexity index is 659. The summed E-state index contributed by atoms with van der Waals surface area (Å²) in [4.78, 5) is 13.5. The molecule has 1 amide bonds. The van der Waals surface area contributed by atoms with Crippen molar-refractivity contribution in [2.24, 2.45) is 7.05 Å². The summed E-state index contributed by atoms with van der Waals surface area (Å²) in [5.74, 6) is 0.786. The maximum Gasteiger partial charge on any atom is 0.227 e. The number of fused-ring (bicyclic) bond motifs is 1. The quantitative estimate of drug-likeness (QED) is 0.842. The van der Waals surface area contributed by atoms with E-state index >= 15 is 0 Å². The number of carbonyl (C=O) groups excluding carboxylic acids is 1. The number of nitrogens with zero attached hydrogens (tertiary/aromatic N) is 3. The molecule has 0 saturated heterocycles. The lowest BCUT2D eigenvalue weighted by Crippen LogP contribution is -2.31. The Morgan fingerprint density at radius 2 is 2.05 bits per heavy atom. The Hall–Kier alpha value is -2.30. The Morgan fingerprint density at radius 1 is 1.26 bits per heavy atom. The first kappa shape index (κ1) is 11.8. The zero-order chi connectivity index (χ0) is 13.6. The average molecular weight is 256 g/mol. The van der Waals surface area contributed by atoms with Gasteiger partial charge in [0.15, 0.2) is 0 Å². The molecule has 0 unspecified atom stereocenters. The molecule has 2 aromatic rings. The summed E-state index contributed by atoms with van der Waals surface area (Å²) >= 11 is 0. The highest BCUT2D eigenvalue weighted by Gasteiger charge is 2.21. The molecular weight excluding hydrogens is 240 g/mol. The Labute approximate surface area is 111 Å². The first-order valence-electron chi connectivity index (χ1n) is 6.25. The lowest BCUT2D eigenvalue weighted by atomic mass is 9.97. The van der Waals surface area contributed by atoms with E-state index in [0.29, 0.717) is 12.2 Å². The van der Waals surface area contributed by atoms with E-state index in [9.17, 15) is 4.79 Å². The molecule has 2 N–H and O–H groups in total. The molecule has 5 heteroatoms. The summed E-state index contributed by atoms with van der Waals surface area (Å²) in [7, 11) is 3.63. The fraction of sp³-hybridized carbons (Fsp3) is 0.286. The topological polar surface area (TPSA) is 64.2 Å². The van der Waals surface area contributed by atoms with E-state index in [-0.39, 0.29) is 5.91 Å². The molecule has 5 nitrogen and oxygen atoms in total. The van der Waals surface area contributed by atoms with E-state index in [1.54, 1.807) is 15.8 Å². The number of hydrogen-bond acceptors (Lipinski definition) is 3. The van der Waals surface area contributed by atoms with Gasteiger partial charge >= 0.3 is 0 Å². The van der Waals surface area contributed by atoms with Crippen LogP contribution in [0.1, 0.15) is 12.0 Å². The molecule has 98 valence electrons. The molecule has 1 aromatic heterocycles. The van der Waals surface area contributed by atoms with Crippen molar-refractivity contribution in [2.45, 2.75) is 12.8 Å². The number of hydrogen-bond donors (Lipinski definition) is 1. The van der Waals surface area contributed by atoms with Crippen LogP contribution < -0.4 is 10.6 Å². The Kier molecular flexibility index (Phi) is 2.55. The molecule has 2 heterocycles. The Morgan fingerprint density at radius 3 is 2.74 bits per heavy atom. The second kappa shape index (κ2) is 4.12. The van der Waals surface area contributed by atoms with E-state index < -0.39 is 0 Å². The lowest BCUT2D eigenvalue weighted by Gasteiger charge is -2.26. The molecule has 19 heavy (non-hydrogen) atoms. The van der Waals surface area contributed by atoms with Crippen LogP contribution in [-0.2, 0) is 18.3 Å². The molecule has 0 radical (unpaired) electrons. The maximum absolute atomic E-state index is 11.8. The van der Waals surface area contributed by atoms with Crippen molar-refractivity contribution in [1.82, 2.24) is 9.78 Å². The van der Waals surface area contributed by atoms with Gasteiger partial charge in [0, 0.05) is 31.8 Å². The Balaban J connectivity index is 2.11. The van der Waals surface area contributed by atoms with Crippen molar-refractivity contribution < 1.29 is 4.79 Å². The highest BCUT2D eigenvalue weighted by molar-refractivity contribution is 5.97. The fourth-order valence-electron chi connectivity index (χ4n) is 2.47. The van der Waals surface area contributed by atoms with Crippen molar-refractivity contribution in [3.63, 3.8) is 0 Å². The third kappa shape index (κ3) is 1.78. The number of benzene rings is 1. The summed E-state index contributed by atoms with van der Waals surface area (Å²) in [5, 5.41) is 4.15. The number of aromatic nitrogens is 2. The molecule has 0 atom stereocenters. The second-order valence-corrected chi connectivity index (χ2v) is 4.86. The van der Waals surface area contributed by atoms with Crippen molar-refractivity contribution in [3.05, 3.63) is 30.0 Å². The molecule has 0 aliphatic carbocycles. The van der Waals surface area contributed by atoms with Gasteiger partial charge in [-0.1, -0.05) is 12.1 Å². The van der Waals surface area contributed by atoms with Gasteiger partial charge in [-0.2, -0.15) is 5.10 Å². The van der Waals surface area contributed by atoms with Gasteiger partial charge in [-0.05, 0) is 23.6 Å². The van der Waals surface area contributed by atoms with E-state index in [1.807, 2.05) is 26.2 Å². The van der Waals surface area contributed by atoms with Crippen molar-refractivity contribution in [1.29, 1.82) is 0 Å². The standard InChI is InChI=1S/C14H16N4O/c1-17-12-7-10(11-8-16-18(2)14(11)15)4-3-9(12)5-6-13(17)19/h3-4,7-8H,5-6,15H2,1-2H3. The lowest BCUT2D eigenvalue weighted by molar-refractivity contribution is -0.118. The van der Waals surface area contributed by atoms with Crippen LogP contribution in [0.2, 0.25) is 0 Å². The monoisotopic (exact) mass is 256 g/mol. The van der Waals surface area contributed by atoms with Crippen LogP contribution in [0.25, 0.3) is 11.1 Å². The van der Waals surface area contributed by atoms with Gasteiger partial charge in [-0.3, -0.25) is 9.48 Å². The minimum atomic E-state index is 0.156. The van der Waals surface area contributed by atoms with Crippen molar-refractivity contribution >= 4 is 17.4 Å². The van der Waals surface area contributed by atoms with Gasteiger partial charge in [-0.15, -0.1) is 0 Å². The second-order valence-electron chi connectivity index (χ2n) is 4.86. The van der Waals surface area contributed by atoms with Gasteiger partial charge in [0.2, 0.25) is 5.91 Å². The van der Waals surface area contributed by atoms with Crippen LogP contribution in [0, 0.1) is 0 Å². The smallest absolute Gasteiger partial charge is 0.227 e. The third-order valence-electron chi connectivity index (χ3n) is 3.72. The summed E-state index contributed by atoms with van der Waals surface area (Å²) in [5.41, 5.74) is 10.1. The molecule has 3 rings (SSSR count). The zero-order valence-electron chi connectivity index (χ0n) is 11.1. The normalized spacial score (nSPS) is 14.6. The van der Waals surface area contributed by atoms with Crippen LogP contribution in [0.5, 0.6) is 0 Å². The molecule has 0 bridgehead atoms. The van der Waals surface area contributed by atoms with Gasteiger partial charge in [0.25, 0.3) is 0 Å². The average Bonchev–Trinajstić information content (AvgIpc) is 2.74. The molecule has 1 aliphatic rings. The predicted molar refractivity (Wildman–Crippen MR) is 74.8 cm³/mol. The fourth-order valence-corrected chi connectivity index (χ4v) is 2.47. The maximum atomic E-state index is 11.8. The molecule has 1 aliphatic heterocycles.